The maximum atomic E-state index is 11.4. The zero-order valence-corrected chi connectivity index (χ0v) is 7.87. The van der Waals surface area contributed by atoms with E-state index in [-0.39, 0.29) is 5.56 Å². The molecule has 14 heavy (non-hydrogen) atoms. The lowest BCUT2D eigenvalue weighted by atomic mass is 10.1. The van der Waals surface area contributed by atoms with E-state index in [0.29, 0.717) is 11.9 Å². The lowest BCUT2D eigenvalue weighted by Gasteiger charge is -2.02. The molecule has 4 heteroatoms. The van der Waals surface area contributed by atoms with Crippen LogP contribution in [0.25, 0.3) is 10.8 Å². The summed E-state index contributed by atoms with van der Waals surface area (Å²) >= 11 is 0. The minimum atomic E-state index is -0.169. The molecule has 2 rings (SSSR count). The Morgan fingerprint density at radius 1 is 1.43 bits per heavy atom. The second-order valence-electron chi connectivity index (χ2n) is 3.25. The fourth-order valence-corrected chi connectivity index (χ4v) is 1.49. The van der Waals surface area contributed by atoms with Gasteiger partial charge >= 0.3 is 0 Å². The van der Waals surface area contributed by atoms with E-state index in [0.717, 1.165) is 16.6 Å². The Morgan fingerprint density at radius 2 is 2.21 bits per heavy atom. The predicted octanol–water partition coefficient (Wildman–Crippen LogP) is 0.690. The van der Waals surface area contributed by atoms with E-state index in [9.17, 15) is 4.79 Å². The monoisotopic (exact) mass is 189 g/mol. The smallest absolute Gasteiger partial charge is 0.272 e. The van der Waals surface area contributed by atoms with Crippen LogP contribution in [0.15, 0.2) is 23.0 Å². The summed E-state index contributed by atoms with van der Waals surface area (Å²) < 4.78 is 0. The number of H-pyrrole nitrogens is 1. The van der Waals surface area contributed by atoms with Gasteiger partial charge in [0.2, 0.25) is 0 Å². The van der Waals surface area contributed by atoms with E-state index in [1.165, 1.54) is 0 Å². The quantitative estimate of drug-likeness (QED) is 0.693. The fourth-order valence-electron chi connectivity index (χ4n) is 1.49. The van der Waals surface area contributed by atoms with E-state index < -0.39 is 0 Å². The van der Waals surface area contributed by atoms with Crippen LogP contribution in [0.2, 0.25) is 0 Å². The summed E-state index contributed by atoms with van der Waals surface area (Å²) in [5.41, 5.74) is 7.18. The fraction of sp³-hybridized carbons (Fsp3) is 0.200. The number of aromatic amines is 1. The molecule has 0 bridgehead atoms. The average molecular weight is 189 g/mol. The van der Waals surface area contributed by atoms with Crippen LogP contribution in [-0.4, -0.2) is 10.2 Å². The van der Waals surface area contributed by atoms with Crippen molar-refractivity contribution >= 4 is 10.8 Å². The van der Waals surface area contributed by atoms with Crippen molar-refractivity contribution in [3.8, 4) is 0 Å². The van der Waals surface area contributed by atoms with Crippen LogP contribution in [0.1, 0.15) is 11.3 Å². The van der Waals surface area contributed by atoms with E-state index in [1.54, 1.807) is 6.07 Å². The van der Waals surface area contributed by atoms with Gasteiger partial charge in [-0.3, -0.25) is 4.79 Å². The van der Waals surface area contributed by atoms with Crippen molar-refractivity contribution in [2.75, 3.05) is 0 Å². The lowest BCUT2D eigenvalue weighted by Crippen LogP contribution is -2.13. The Bertz CT molecular complexity index is 530. The second-order valence-corrected chi connectivity index (χ2v) is 3.25. The van der Waals surface area contributed by atoms with Crippen molar-refractivity contribution in [1.82, 2.24) is 10.2 Å². The third-order valence-corrected chi connectivity index (χ3v) is 2.22. The van der Waals surface area contributed by atoms with Gasteiger partial charge in [0, 0.05) is 11.9 Å². The van der Waals surface area contributed by atoms with Crippen molar-refractivity contribution < 1.29 is 0 Å². The van der Waals surface area contributed by atoms with Gasteiger partial charge in [0.1, 0.15) is 0 Å². The number of rotatable bonds is 1. The molecule has 0 atom stereocenters. The Labute approximate surface area is 80.8 Å². The summed E-state index contributed by atoms with van der Waals surface area (Å²) in [6.45, 7) is 2.30. The summed E-state index contributed by atoms with van der Waals surface area (Å²) in [6, 6.07) is 5.63. The zero-order chi connectivity index (χ0) is 10.1. The van der Waals surface area contributed by atoms with Crippen molar-refractivity contribution in [1.29, 1.82) is 0 Å². The molecule has 3 N–H and O–H groups in total. The molecule has 4 nitrogen and oxygen atoms in total. The van der Waals surface area contributed by atoms with Gasteiger partial charge in [0.25, 0.3) is 5.56 Å². The van der Waals surface area contributed by atoms with Crippen LogP contribution in [0.3, 0.4) is 0 Å². The third kappa shape index (κ3) is 1.29. The van der Waals surface area contributed by atoms with E-state index in [1.807, 2.05) is 19.1 Å². The Balaban J connectivity index is 2.92. The molecule has 0 saturated heterocycles. The molecule has 0 radical (unpaired) electrons. The molecule has 0 amide bonds. The molecule has 1 heterocycles. The van der Waals surface area contributed by atoms with Gasteiger partial charge in [0.05, 0.1) is 11.1 Å². The first kappa shape index (κ1) is 8.90. The van der Waals surface area contributed by atoms with Gasteiger partial charge in [-0.2, -0.15) is 5.10 Å². The maximum Gasteiger partial charge on any atom is 0.272 e. The zero-order valence-electron chi connectivity index (χ0n) is 7.87. The number of nitrogens with two attached hydrogens (primary N) is 1. The Hall–Kier alpha value is -1.68. The van der Waals surface area contributed by atoms with Crippen molar-refractivity contribution in [3.63, 3.8) is 0 Å². The van der Waals surface area contributed by atoms with Crippen LogP contribution in [0.5, 0.6) is 0 Å². The molecule has 2 aromatic rings. The van der Waals surface area contributed by atoms with Gasteiger partial charge in [-0.25, -0.2) is 5.10 Å². The molecular formula is C10H11N3O. The van der Waals surface area contributed by atoms with Gasteiger partial charge in [0.15, 0.2) is 0 Å². The summed E-state index contributed by atoms with van der Waals surface area (Å²) in [4.78, 5) is 11.4. The number of fused-ring (bicyclic) bond motifs is 1. The van der Waals surface area contributed by atoms with Gasteiger partial charge in [-0.1, -0.05) is 11.6 Å². The minimum Gasteiger partial charge on any atom is -0.325 e. The number of aromatic nitrogens is 2. The summed E-state index contributed by atoms with van der Waals surface area (Å²) in [5.74, 6) is 0. The highest BCUT2D eigenvalue weighted by atomic mass is 16.1. The molecule has 72 valence electrons. The van der Waals surface area contributed by atoms with Crippen LogP contribution in [-0.2, 0) is 6.54 Å². The van der Waals surface area contributed by atoms with Crippen molar-refractivity contribution in [2.45, 2.75) is 13.5 Å². The van der Waals surface area contributed by atoms with E-state index in [4.69, 9.17) is 5.73 Å². The molecule has 0 saturated carbocycles. The lowest BCUT2D eigenvalue weighted by molar-refractivity contribution is 0.900. The topological polar surface area (TPSA) is 71.8 Å². The largest absolute Gasteiger partial charge is 0.325 e. The molecule has 0 aliphatic rings. The van der Waals surface area contributed by atoms with E-state index >= 15 is 0 Å². The first-order valence-corrected chi connectivity index (χ1v) is 4.40. The number of hydrogen-bond donors (Lipinski definition) is 2. The summed E-state index contributed by atoms with van der Waals surface area (Å²) in [6.07, 6.45) is 0. The molecule has 0 spiro atoms. The first-order chi connectivity index (χ1) is 6.72. The molecule has 0 unspecified atom stereocenters. The average Bonchev–Trinajstić information content (AvgIpc) is 2.18. The van der Waals surface area contributed by atoms with Crippen LogP contribution < -0.4 is 11.3 Å². The van der Waals surface area contributed by atoms with Crippen LogP contribution in [0, 0.1) is 6.92 Å². The van der Waals surface area contributed by atoms with Gasteiger partial charge in [-0.15, -0.1) is 0 Å². The Kier molecular flexibility index (Phi) is 2.05. The van der Waals surface area contributed by atoms with Crippen molar-refractivity contribution in [3.05, 3.63) is 39.8 Å². The standard InChI is InChI=1S/C10H11N3O/c1-6-2-3-7-8(4-6)9(5-11)12-13-10(7)14/h2-4H,5,11H2,1H3,(H,13,14). The summed E-state index contributed by atoms with van der Waals surface area (Å²) in [5, 5.41) is 7.82. The highest BCUT2D eigenvalue weighted by Crippen LogP contribution is 2.14. The van der Waals surface area contributed by atoms with E-state index in [2.05, 4.69) is 10.2 Å². The van der Waals surface area contributed by atoms with Crippen molar-refractivity contribution in [2.24, 2.45) is 5.73 Å². The minimum absolute atomic E-state index is 0.169. The highest BCUT2D eigenvalue weighted by molar-refractivity contribution is 5.84. The molecule has 1 aromatic carbocycles. The predicted molar refractivity (Wildman–Crippen MR) is 55.0 cm³/mol. The molecule has 0 aliphatic carbocycles. The van der Waals surface area contributed by atoms with Crippen LogP contribution >= 0.6 is 0 Å². The van der Waals surface area contributed by atoms with Gasteiger partial charge < -0.3 is 5.73 Å². The maximum absolute atomic E-state index is 11.4. The molecular weight excluding hydrogens is 178 g/mol. The third-order valence-electron chi connectivity index (χ3n) is 2.22. The number of nitrogens with zero attached hydrogens (tertiary/aromatic N) is 1. The summed E-state index contributed by atoms with van der Waals surface area (Å²) in [7, 11) is 0. The number of aryl methyl sites for hydroxylation is 1. The normalized spacial score (nSPS) is 10.7. The number of benzene rings is 1. The second kappa shape index (κ2) is 3.23. The SMILES string of the molecule is Cc1ccc2c(=O)[nH]nc(CN)c2c1. The molecule has 1 aromatic heterocycles. The molecule has 0 fully saturated rings. The highest BCUT2D eigenvalue weighted by Gasteiger charge is 2.04. The van der Waals surface area contributed by atoms with Crippen LogP contribution in [0.4, 0.5) is 0 Å². The first-order valence-electron chi connectivity index (χ1n) is 4.40. The number of hydrogen-bond acceptors (Lipinski definition) is 3. The number of nitrogens with one attached hydrogen (secondary N) is 1. The Morgan fingerprint density at radius 3 is 2.93 bits per heavy atom. The van der Waals surface area contributed by atoms with Gasteiger partial charge in [-0.05, 0) is 19.1 Å². The molecule has 0 aliphatic heterocycles.